The van der Waals surface area contributed by atoms with Gasteiger partial charge in [-0.05, 0) is 25.1 Å². The molecule has 0 atom stereocenters. The van der Waals surface area contributed by atoms with Crippen LogP contribution in [-0.2, 0) is 11.3 Å². The fourth-order valence-electron chi connectivity index (χ4n) is 1.62. The number of hydrogen-bond donors (Lipinski definition) is 1. The average Bonchev–Trinajstić information content (AvgIpc) is 2.80. The Morgan fingerprint density at radius 3 is 3.00 bits per heavy atom. The van der Waals surface area contributed by atoms with Crippen LogP contribution in [0.5, 0.6) is 0 Å². The van der Waals surface area contributed by atoms with Crippen molar-refractivity contribution < 1.29 is 9.53 Å². The molecule has 0 aromatic carbocycles. The van der Waals surface area contributed by atoms with Crippen LogP contribution < -0.4 is 5.73 Å². The zero-order valence-electron chi connectivity index (χ0n) is 10.6. The largest absolute Gasteiger partial charge is 0.383 e. The molecule has 0 saturated heterocycles. The highest BCUT2D eigenvalue weighted by molar-refractivity contribution is 5.92. The Labute approximate surface area is 102 Å². The molecule has 1 heterocycles. The van der Waals surface area contributed by atoms with Crippen molar-refractivity contribution in [1.29, 1.82) is 0 Å². The van der Waals surface area contributed by atoms with Crippen LogP contribution in [0.4, 0.5) is 0 Å². The summed E-state index contributed by atoms with van der Waals surface area (Å²) in [6.07, 6.45) is 2.71. The molecule has 17 heavy (non-hydrogen) atoms. The van der Waals surface area contributed by atoms with Crippen LogP contribution in [0.2, 0.25) is 0 Å². The molecule has 0 unspecified atom stereocenters. The van der Waals surface area contributed by atoms with Crippen molar-refractivity contribution >= 4 is 5.91 Å². The lowest BCUT2D eigenvalue weighted by Crippen LogP contribution is -2.30. The SMILES string of the molecule is COCCn1cccc1C(=O)N(C)CCCN. The second-order valence-corrected chi connectivity index (χ2v) is 3.95. The fraction of sp³-hybridized carbons (Fsp3) is 0.583. The van der Waals surface area contributed by atoms with E-state index in [1.165, 1.54) is 0 Å². The zero-order chi connectivity index (χ0) is 12.7. The van der Waals surface area contributed by atoms with Gasteiger partial charge in [0.1, 0.15) is 5.69 Å². The zero-order valence-corrected chi connectivity index (χ0v) is 10.6. The molecule has 0 aliphatic carbocycles. The quantitative estimate of drug-likeness (QED) is 0.756. The number of carbonyl (C=O) groups is 1. The van der Waals surface area contributed by atoms with Gasteiger partial charge in [0.15, 0.2) is 0 Å². The van der Waals surface area contributed by atoms with Gasteiger partial charge in [-0.15, -0.1) is 0 Å². The summed E-state index contributed by atoms with van der Waals surface area (Å²) in [5.41, 5.74) is 6.13. The molecule has 1 amide bonds. The predicted molar refractivity (Wildman–Crippen MR) is 66.9 cm³/mol. The van der Waals surface area contributed by atoms with E-state index in [0.29, 0.717) is 31.9 Å². The first-order valence-corrected chi connectivity index (χ1v) is 5.80. The molecule has 5 nitrogen and oxygen atoms in total. The minimum absolute atomic E-state index is 0.0274. The smallest absolute Gasteiger partial charge is 0.270 e. The number of rotatable bonds is 7. The lowest BCUT2D eigenvalue weighted by molar-refractivity contribution is 0.0781. The third-order valence-corrected chi connectivity index (χ3v) is 2.63. The van der Waals surface area contributed by atoms with Crippen LogP contribution >= 0.6 is 0 Å². The Morgan fingerprint density at radius 1 is 1.59 bits per heavy atom. The van der Waals surface area contributed by atoms with Crippen LogP contribution in [0, 0.1) is 0 Å². The molecule has 0 spiro atoms. The first kappa shape index (κ1) is 13.7. The molecule has 2 N–H and O–H groups in total. The number of carbonyl (C=O) groups excluding carboxylic acids is 1. The number of nitrogens with zero attached hydrogens (tertiary/aromatic N) is 2. The summed E-state index contributed by atoms with van der Waals surface area (Å²) in [4.78, 5) is 13.8. The van der Waals surface area contributed by atoms with E-state index in [2.05, 4.69) is 0 Å². The van der Waals surface area contributed by atoms with Crippen molar-refractivity contribution in [3.05, 3.63) is 24.0 Å². The molecule has 5 heteroatoms. The number of amides is 1. The van der Waals surface area contributed by atoms with Crippen molar-refractivity contribution in [3.63, 3.8) is 0 Å². The Hall–Kier alpha value is -1.33. The normalized spacial score (nSPS) is 10.5. The van der Waals surface area contributed by atoms with Gasteiger partial charge in [-0.2, -0.15) is 0 Å². The van der Waals surface area contributed by atoms with Crippen molar-refractivity contribution in [1.82, 2.24) is 9.47 Å². The maximum Gasteiger partial charge on any atom is 0.270 e. The molecule has 96 valence electrons. The molecule has 0 aliphatic rings. The van der Waals surface area contributed by atoms with Crippen LogP contribution in [0.3, 0.4) is 0 Å². The number of nitrogens with two attached hydrogens (primary N) is 1. The minimum atomic E-state index is 0.0274. The van der Waals surface area contributed by atoms with Gasteiger partial charge in [-0.1, -0.05) is 0 Å². The van der Waals surface area contributed by atoms with Gasteiger partial charge in [-0.3, -0.25) is 4.79 Å². The Balaban J connectivity index is 2.64. The highest BCUT2D eigenvalue weighted by atomic mass is 16.5. The third kappa shape index (κ3) is 3.87. The number of ether oxygens (including phenoxy) is 1. The summed E-state index contributed by atoms with van der Waals surface area (Å²) >= 11 is 0. The number of methoxy groups -OCH3 is 1. The van der Waals surface area contributed by atoms with E-state index in [0.717, 1.165) is 6.42 Å². The summed E-state index contributed by atoms with van der Waals surface area (Å²) in [5.74, 6) is 0.0274. The Morgan fingerprint density at radius 2 is 2.35 bits per heavy atom. The lowest BCUT2D eigenvalue weighted by Gasteiger charge is -2.18. The molecule has 1 aromatic heterocycles. The van der Waals surface area contributed by atoms with Crippen LogP contribution in [0.25, 0.3) is 0 Å². The summed E-state index contributed by atoms with van der Waals surface area (Å²) in [6, 6.07) is 3.70. The number of aromatic nitrogens is 1. The van der Waals surface area contributed by atoms with E-state index in [9.17, 15) is 4.79 Å². The van der Waals surface area contributed by atoms with Crippen molar-refractivity contribution in [2.75, 3.05) is 33.9 Å². The average molecular weight is 239 g/mol. The molecular formula is C12H21N3O2. The fourth-order valence-corrected chi connectivity index (χ4v) is 1.62. The monoisotopic (exact) mass is 239 g/mol. The van der Waals surface area contributed by atoms with Gasteiger partial charge in [0, 0.05) is 33.4 Å². The summed E-state index contributed by atoms with van der Waals surface area (Å²) in [5, 5.41) is 0. The lowest BCUT2D eigenvalue weighted by atomic mass is 10.3. The highest BCUT2D eigenvalue weighted by Gasteiger charge is 2.14. The predicted octanol–water partition coefficient (Wildman–Crippen LogP) is 0.555. The van der Waals surface area contributed by atoms with Crippen LogP contribution in [0.15, 0.2) is 18.3 Å². The van der Waals surface area contributed by atoms with Gasteiger partial charge in [0.25, 0.3) is 5.91 Å². The molecule has 0 aliphatic heterocycles. The first-order chi connectivity index (χ1) is 8.20. The highest BCUT2D eigenvalue weighted by Crippen LogP contribution is 2.06. The minimum Gasteiger partial charge on any atom is -0.383 e. The molecule has 0 saturated carbocycles. The van der Waals surface area contributed by atoms with Gasteiger partial charge >= 0.3 is 0 Å². The van der Waals surface area contributed by atoms with Crippen LogP contribution in [0.1, 0.15) is 16.9 Å². The van der Waals surface area contributed by atoms with E-state index in [4.69, 9.17) is 10.5 Å². The third-order valence-electron chi connectivity index (χ3n) is 2.63. The van der Waals surface area contributed by atoms with E-state index in [1.54, 1.807) is 19.1 Å². The maximum absolute atomic E-state index is 12.1. The second-order valence-electron chi connectivity index (χ2n) is 3.95. The van der Waals surface area contributed by atoms with Crippen molar-refractivity contribution in [2.24, 2.45) is 5.73 Å². The van der Waals surface area contributed by atoms with E-state index in [1.807, 2.05) is 22.9 Å². The van der Waals surface area contributed by atoms with Crippen molar-refractivity contribution in [2.45, 2.75) is 13.0 Å². The molecule has 0 bridgehead atoms. The number of hydrogen-bond acceptors (Lipinski definition) is 3. The molecule has 1 rings (SSSR count). The van der Waals surface area contributed by atoms with Gasteiger partial charge in [0.05, 0.1) is 6.61 Å². The van der Waals surface area contributed by atoms with Crippen molar-refractivity contribution in [3.8, 4) is 0 Å². The molecule has 0 radical (unpaired) electrons. The van der Waals surface area contributed by atoms with Gasteiger partial charge < -0.3 is 19.9 Å². The van der Waals surface area contributed by atoms with Gasteiger partial charge in [-0.25, -0.2) is 0 Å². The summed E-state index contributed by atoms with van der Waals surface area (Å²) in [7, 11) is 3.45. The Kier molecular flexibility index (Phi) is 5.72. The molecule has 1 aromatic rings. The topological polar surface area (TPSA) is 60.5 Å². The molecular weight excluding hydrogens is 218 g/mol. The second kappa shape index (κ2) is 7.09. The van der Waals surface area contributed by atoms with Gasteiger partial charge in [0.2, 0.25) is 0 Å². The standard InChI is InChI=1S/C12H21N3O2/c1-14(7-4-6-13)12(16)11-5-3-8-15(11)9-10-17-2/h3,5,8H,4,6-7,9-10,13H2,1-2H3. The summed E-state index contributed by atoms with van der Waals surface area (Å²) < 4.78 is 6.92. The maximum atomic E-state index is 12.1. The summed E-state index contributed by atoms with van der Waals surface area (Å²) in [6.45, 7) is 2.57. The van der Waals surface area contributed by atoms with Crippen LogP contribution in [-0.4, -0.2) is 49.2 Å². The van der Waals surface area contributed by atoms with E-state index >= 15 is 0 Å². The van der Waals surface area contributed by atoms with E-state index in [-0.39, 0.29) is 5.91 Å². The molecule has 0 fully saturated rings. The Bertz CT molecular complexity index is 349. The first-order valence-electron chi connectivity index (χ1n) is 5.80. The van der Waals surface area contributed by atoms with E-state index < -0.39 is 0 Å².